The van der Waals surface area contributed by atoms with Crippen molar-refractivity contribution in [1.29, 1.82) is 0 Å². The van der Waals surface area contributed by atoms with Crippen molar-refractivity contribution in [3.63, 3.8) is 0 Å². The Kier molecular flexibility index (Phi) is 12.3. The molecule has 6 N–H and O–H groups in total. The Balaban J connectivity index is 3.16. The van der Waals surface area contributed by atoms with Gasteiger partial charge in [-0.3, -0.25) is 4.79 Å². The summed E-state index contributed by atoms with van der Waals surface area (Å²) >= 11 is 0. The Labute approximate surface area is 116 Å². The van der Waals surface area contributed by atoms with Crippen molar-refractivity contribution >= 4 is 47.2 Å². The van der Waals surface area contributed by atoms with Crippen molar-refractivity contribution in [2.45, 2.75) is 24.9 Å². The molecular weight excluding hydrogens is 300 g/mol. The number of aliphatic hydroxyl groups is 1. The fraction of sp³-hybridized carbons (Fsp3) is 0.875. The molecule has 0 spiro atoms. The third kappa shape index (κ3) is 11.6. The minimum atomic E-state index is -0.949. The van der Waals surface area contributed by atoms with E-state index in [0.717, 1.165) is 17.9 Å². The lowest BCUT2D eigenvalue weighted by Gasteiger charge is -2.06. The Bertz CT molecular complexity index is 211. The van der Waals surface area contributed by atoms with Crippen molar-refractivity contribution in [2.75, 3.05) is 18.1 Å². The average molecular weight is 319 g/mol. The maximum absolute atomic E-state index is 10.4. The lowest BCUT2D eigenvalue weighted by atomic mass is 10.2. The highest BCUT2D eigenvalue weighted by atomic mass is 33.7. The number of aliphatic hydroxyl groups excluding tert-OH is 1. The van der Waals surface area contributed by atoms with Gasteiger partial charge in [-0.25, -0.2) is 0 Å². The van der Waals surface area contributed by atoms with E-state index in [2.05, 4.69) is 0 Å². The van der Waals surface area contributed by atoms with Crippen LogP contribution in [-0.2, 0) is 4.79 Å². The van der Waals surface area contributed by atoms with E-state index in [9.17, 15) is 4.79 Å². The maximum atomic E-state index is 10.4. The van der Waals surface area contributed by atoms with Crippen LogP contribution < -0.4 is 11.5 Å². The molecule has 0 radical (unpaired) electrons. The topological polar surface area (TPSA) is 110 Å². The highest BCUT2D eigenvalue weighted by Gasteiger charge is 2.10. The average Bonchev–Trinajstić information content (AvgIpc) is 2.31. The molecule has 9 heteroatoms. The first-order chi connectivity index (χ1) is 8.07. The number of carboxylic acids is 1. The molecule has 0 aromatic rings. The summed E-state index contributed by atoms with van der Waals surface area (Å²) in [6, 6.07) is -0.891. The van der Waals surface area contributed by atoms with Gasteiger partial charge in [-0.1, -0.05) is 21.6 Å². The molecule has 0 fully saturated rings. The molecule has 0 aromatic heterocycles. The van der Waals surface area contributed by atoms with E-state index >= 15 is 0 Å². The van der Waals surface area contributed by atoms with Gasteiger partial charge < -0.3 is 21.7 Å². The van der Waals surface area contributed by atoms with Crippen molar-refractivity contribution < 1.29 is 15.0 Å². The van der Waals surface area contributed by atoms with Crippen molar-refractivity contribution in [3.8, 4) is 0 Å². The van der Waals surface area contributed by atoms with E-state index < -0.39 is 12.0 Å². The van der Waals surface area contributed by atoms with Gasteiger partial charge in [-0.05, 0) is 32.5 Å². The number of nitrogens with two attached hydrogens (primary N) is 2. The Morgan fingerprint density at radius 3 is 2.12 bits per heavy atom. The van der Waals surface area contributed by atoms with Crippen molar-refractivity contribution in [2.24, 2.45) is 11.5 Å². The predicted molar refractivity (Wildman–Crippen MR) is 80.0 cm³/mol. The summed E-state index contributed by atoms with van der Waals surface area (Å²) < 4.78 is 0. The smallest absolute Gasteiger partial charge is 0.320 e. The maximum Gasteiger partial charge on any atom is 0.320 e. The van der Waals surface area contributed by atoms with Gasteiger partial charge in [0.2, 0.25) is 0 Å². The zero-order chi connectivity index (χ0) is 13.1. The van der Waals surface area contributed by atoms with E-state index in [0.29, 0.717) is 6.42 Å². The first-order valence-corrected chi connectivity index (χ1v) is 10.2. The minimum absolute atomic E-state index is 0.0280. The molecule has 2 unspecified atom stereocenters. The van der Waals surface area contributed by atoms with Crippen LogP contribution in [0.25, 0.3) is 0 Å². The Hall–Kier alpha value is 0.750. The third-order valence-electron chi connectivity index (χ3n) is 1.76. The van der Waals surface area contributed by atoms with Crippen LogP contribution >= 0.6 is 41.2 Å². The molecule has 17 heavy (non-hydrogen) atoms. The summed E-state index contributed by atoms with van der Waals surface area (Å²) in [5.74, 6) is 0.673. The minimum Gasteiger partial charge on any atom is -0.480 e. The number of hydrogen-bond acceptors (Lipinski definition) is 8. The monoisotopic (exact) mass is 318 g/mol. The van der Waals surface area contributed by atoms with E-state index in [-0.39, 0.29) is 12.6 Å². The van der Waals surface area contributed by atoms with Gasteiger partial charge in [0, 0.05) is 17.5 Å². The SMILES string of the molecule is NC(CO)CCSSSSCCC(N)C(=O)O. The molecule has 0 saturated carbocycles. The van der Waals surface area contributed by atoms with Crippen LogP contribution in [0.3, 0.4) is 0 Å². The van der Waals surface area contributed by atoms with Crippen LogP contribution in [0.2, 0.25) is 0 Å². The summed E-state index contributed by atoms with van der Waals surface area (Å²) in [7, 11) is 6.53. The molecule has 0 bridgehead atoms. The molecule has 0 aliphatic rings. The summed E-state index contributed by atoms with van der Waals surface area (Å²) in [6.45, 7) is 0.0280. The molecule has 0 aliphatic carbocycles. The molecule has 102 valence electrons. The van der Waals surface area contributed by atoms with Crippen LogP contribution in [0.1, 0.15) is 12.8 Å². The first kappa shape index (κ1) is 17.8. The van der Waals surface area contributed by atoms with Gasteiger partial charge in [-0.2, -0.15) is 0 Å². The fourth-order valence-electron chi connectivity index (χ4n) is 0.697. The summed E-state index contributed by atoms with van der Waals surface area (Å²) in [5, 5.41) is 17.2. The molecule has 0 rings (SSSR count). The number of rotatable bonds is 11. The van der Waals surface area contributed by atoms with Crippen molar-refractivity contribution in [3.05, 3.63) is 0 Å². The largest absolute Gasteiger partial charge is 0.480 e. The first-order valence-electron chi connectivity index (χ1n) is 5.00. The summed E-state index contributed by atoms with van der Waals surface area (Å²) in [6.07, 6.45) is 1.27. The number of carboxylic acid groups (broad SMARTS) is 1. The van der Waals surface area contributed by atoms with E-state index in [1.54, 1.807) is 41.2 Å². The molecule has 2 atom stereocenters. The zero-order valence-corrected chi connectivity index (χ0v) is 12.5. The normalized spacial score (nSPS) is 14.5. The van der Waals surface area contributed by atoms with Gasteiger partial charge in [0.05, 0.1) is 6.61 Å². The van der Waals surface area contributed by atoms with Gasteiger partial charge in [0.15, 0.2) is 0 Å². The Morgan fingerprint density at radius 2 is 1.65 bits per heavy atom. The highest BCUT2D eigenvalue weighted by molar-refractivity contribution is 9.26. The van der Waals surface area contributed by atoms with E-state index in [1.807, 2.05) is 0 Å². The van der Waals surface area contributed by atoms with Gasteiger partial charge in [0.25, 0.3) is 0 Å². The second-order valence-corrected chi connectivity index (χ2v) is 9.49. The molecule has 0 aliphatic heterocycles. The molecule has 0 amide bonds. The van der Waals surface area contributed by atoms with Crippen LogP contribution in [0.4, 0.5) is 0 Å². The van der Waals surface area contributed by atoms with E-state index in [1.165, 1.54) is 0 Å². The standard InChI is InChI=1S/C8H18N2O3S4/c9-6(5-11)1-3-14-16-17-15-4-2-7(10)8(12)13/h6-7,11H,1-5,9-10H2,(H,12,13). The molecule has 5 nitrogen and oxygen atoms in total. The molecular formula is C8H18N2O3S4. The summed E-state index contributed by atoms with van der Waals surface area (Å²) in [5.41, 5.74) is 10.9. The highest BCUT2D eigenvalue weighted by Crippen LogP contribution is 2.43. The summed E-state index contributed by atoms with van der Waals surface area (Å²) in [4.78, 5) is 10.4. The van der Waals surface area contributed by atoms with Crippen LogP contribution in [0.15, 0.2) is 0 Å². The predicted octanol–water partition coefficient (Wildman–Crippen LogP) is 1.18. The third-order valence-corrected chi connectivity index (χ3v) is 8.29. The second kappa shape index (κ2) is 11.8. The number of hydrogen-bond donors (Lipinski definition) is 4. The van der Waals surface area contributed by atoms with Crippen LogP contribution in [0, 0.1) is 0 Å². The van der Waals surface area contributed by atoms with E-state index in [4.69, 9.17) is 21.7 Å². The number of aliphatic carboxylic acids is 1. The van der Waals surface area contributed by atoms with Crippen LogP contribution in [-0.4, -0.2) is 46.4 Å². The lowest BCUT2D eigenvalue weighted by Crippen LogP contribution is -2.30. The van der Waals surface area contributed by atoms with Crippen molar-refractivity contribution in [1.82, 2.24) is 0 Å². The fourth-order valence-corrected chi connectivity index (χ4v) is 6.93. The molecule has 0 saturated heterocycles. The quantitative estimate of drug-likeness (QED) is 0.329. The second-order valence-electron chi connectivity index (χ2n) is 3.24. The van der Waals surface area contributed by atoms with Crippen LogP contribution in [0.5, 0.6) is 0 Å². The number of carbonyl (C=O) groups is 1. The molecule has 0 heterocycles. The zero-order valence-electron chi connectivity index (χ0n) is 9.28. The molecule has 0 aromatic carbocycles. The Morgan fingerprint density at radius 1 is 1.12 bits per heavy atom. The van der Waals surface area contributed by atoms with Gasteiger partial charge in [0.1, 0.15) is 6.04 Å². The van der Waals surface area contributed by atoms with Gasteiger partial charge in [-0.15, -0.1) is 0 Å². The van der Waals surface area contributed by atoms with Gasteiger partial charge >= 0.3 is 5.97 Å². The lowest BCUT2D eigenvalue weighted by molar-refractivity contribution is -0.138.